The van der Waals surface area contributed by atoms with E-state index in [1.807, 2.05) is 19.9 Å². The fourth-order valence-corrected chi connectivity index (χ4v) is 4.14. The molecule has 2 aromatic rings. The second-order valence-corrected chi connectivity index (χ2v) is 7.52. The summed E-state index contributed by atoms with van der Waals surface area (Å²) in [4.78, 5) is 15.6. The van der Waals surface area contributed by atoms with Crippen molar-refractivity contribution in [3.05, 3.63) is 51.9 Å². The van der Waals surface area contributed by atoms with Crippen LogP contribution >= 0.6 is 11.3 Å². The lowest BCUT2D eigenvalue weighted by molar-refractivity contribution is -0.118. The minimum atomic E-state index is -0.0924. The molecule has 0 aliphatic carbocycles. The Morgan fingerprint density at radius 3 is 2.79 bits per heavy atom. The number of anilines is 1. The van der Waals surface area contributed by atoms with Gasteiger partial charge in [0.1, 0.15) is 11.1 Å². The summed E-state index contributed by atoms with van der Waals surface area (Å²) >= 11 is 1.55. The number of carbonyl (C=O) groups is 1. The van der Waals surface area contributed by atoms with Gasteiger partial charge in [-0.2, -0.15) is 5.26 Å². The number of amides is 1. The van der Waals surface area contributed by atoms with Gasteiger partial charge in [0.15, 0.2) is 0 Å². The summed E-state index contributed by atoms with van der Waals surface area (Å²) in [7, 11) is 0. The zero-order valence-corrected chi connectivity index (χ0v) is 14.8. The fourth-order valence-electron chi connectivity index (χ4n) is 2.90. The normalized spacial score (nSPS) is 14.2. The first-order chi connectivity index (χ1) is 11.6. The third kappa shape index (κ3) is 3.50. The maximum Gasteiger partial charge on any atom is 0.227 e. The van der Waals surface area contributed by atoms with E-state index in [1.54, 1.807) is 11.3 Å². The third-order valence-electron chi connectivity index (χ3n) is 4.26. The molecule has 5 heteroatoms. The van der Waals surface area contributed by atoms with Crippen LogP contribution in [0.5, 0.6) is 0 Å². The van der Waals surface area contributed by atoms with Gasteiger partial charge in [-0.1, -0.05) is 44.2 Å². The zero-order valence-electron chi connectivity index (χ0n) is 14.0. The van der Waals surface area contributed by atoms with Gasteiger partial charge in [-0.15, -0.1) is 11.3 Å². The van der Waals surface area contributed by atoms with Crippen molar-refractivity contribution in [3.8, 4) is 6.07 Å². The van der Waals surface area contributed by atoms with E-state index in [9.17, 15) is 10.1 Å². The molecule has 1 aliphatic heterocycles. The number of thiophene rings is 1. The molecule has 24 heavy (non-hydrogen) atoms. The molecule has 4 nitrogen and oxygen atoms in total. The smallest absolute Gasteiger partial charge is 0.227 e. The van der Waals surface area contributed by atoms with Crippen molar-refractivity contribution in [1.82, 2.24) is 4.90 Å². The van der Waals surface area contributed by atoms with E-state index in [4.69, 9.17) is 0 Å². The molecule has 1 aromatic heterocycles. The number of rotatable bonds is 4. The summed E-state index contributed by atoms with van der Waals surface area (Å²) < 4.78 is 0. The highest BCUT2D eigenvalue weighted by molar-refractivity contribution is 7.16. The van der Waals surface area contributed by atoms with Crippen molar-refractivity contribution in [2.75, 3.05) is 11.9 Å². The summed E-state index contributed by atoms with van der Waals surface area (Å²) in [5.74, 6) is -0.128. The molecule has 124 valence electrons. The van der Waals surface area contributed by atoms with E-state index in [0.717, 1.165) is 31.6 Å². The van der Waals surface area contributed by atoms with Crippen molar-refractivity contribution >= 4 is 22.2 Å². The molecule has 0 atom stereocenters. The van der Waals surface area contributed by atoms with E-state index in [0.29, 0.717) is 10.6 Å². The number of benzene rings is 1. The van der Waals surface area contributed by atoms with E-state index in [2.05, 4.69) is 40.6 Å². The summed E-state index contributed by atoms with van der Waals surface area (Å²) in [6.45, 7) is 6.40. The largest absolute Gasteiger partial charge is 0.316 e. The van der Waals surface area contributed by atoms with Crippen molar-refractivity contribution in [1.29, 1.82) is 5.26 Å². The highest BCUT2D eigenvalue weighted by Gasteiger charge is 2.25. The molecule has 1 aliphatic rings. The Balaban J connectivity index is 1.78. The maximum absolute atomic E-state index is 12.0. The summed E-state index contributed by atoms with van der Waals surface area (Å²) in [5, 5.41) is 13.1. The molecule has 1 aromatic carbocycles. The molecular weight excluding hydrogens is 318 g/mol. The Morgan fingerprint density at radius 2 is 2.12 bits per heavy atom. The second-order valence-electron chi connectivity index (χ2n) is 6.41. The highest BCUT2D eigenvalue weighted by atomic mass is 32.1. The zero-order chi connectivity index (χ0) is 17.1. The first-order valence-corrected chi connectivity index (χ1v) is 9.02. The number of nitrogens with zero attached hydrogens (tertiary/aromatic N) is 2. The summed E-state index contributed by atoms with van der Waals surface area (Å²) in [6, 6.07) is 12.7. The van der Waals surface area contributed by atoms with E-state index in [-0.39, 0.29) is 11.8 Å². The molecule has 0 bridgehead atoms. The molecule has 1 amide bonds. The lowest BCUT2D eigenvalue weighted by Crippen LogP contribution is -2.29. The van der Waals surface area contributed by atoms with Crippen molar-refractivity contribution in [3.63, 3.8) is 0 Å². The van der Waals surface area contributed by atoms with Gasteiger partial charge in [0.2, 0.25) is 5.91 Å². The van der Waals surface area contributed by atoms with Gasteiger partial charge in [0, 0.05) is 30.4 Å². The van der Waals surface area contributed by atoms with Crippen LogP contribution in [0.2, 0.25) is 0 Å². The minimum absolute atomic E-state index is 0.0359. The van der Waals surface area contributed by atoms with Crippen molar-refractivity contribution in [2.45, 2.75) is 33.4 Å². The lowest BCUT2D eigenvalue weighted by Gasteiger charge is -2.26. The molecule has 0 fully saturated rings. The predicted octanol–water partition coefficient (Wildman–Crippen LogP) is 3.77. The number of nitriles is 1. The Labute approximate surface area is 146 Å². The quantitative estimate of drug-likeness (QED) is 0.922. The van der Waals surface area contributed by atoms with Gasteiger partial charge >= 0.3 is 0 Å². The predicted molar refractivity (Wildman–Crippen MR) is 96.8 cm³/mol. The minimum Gasteiger partial charge on any atom is -0.316 e. The molecule has 0 saturated carbocycles. The second kappa shape index (κ2) is 7.16. The number of hydrogen-bond donors (Lipinski definition) is 1. The molecule has 0 saturated heterocycles. The number of hydrogen-bond acceptors (Lipinski definition) is 4. The Kier molecular flexibility index (Phi) is 4.98. The van der Waals surface area contributed by atoms with Crippen LogP contribution in [-0.4, -0.2) is 17.4 Å². The molecule has 2 heterocycles. The highest BCUT2D eigenvalue weighted by Crippen LogP contribution is 2.37. The van der Waals surface area contributed by atoms with Crippen LogP contribution in [0, 0.1) is 17.2 Å². The topological polar surface area (TPSA) is 56.1 Å². The number of fused-ring (bicyclic) bond motifs is 1. The fraction of sp³-hybridized carbons (Fsp3) is 0.368. The van der Waals surface area contributed by atoms with Gasteiger partial charge < -0.3 is 5.32 Å². The number of carbonyl (C=O) groups excluding carboxylic acids is 1. The van der Waals surface area contributed by atoms with Crippen LogP contribution < -0.4 is 5.32 Å². The Hall–Kier alpha value is -2.16. The van der Waals surface area contributed by atoms with Gasteiger partial charge in [-0.05, 0) is 17.5 Å². The SMILES string of the molecule is CC(C)C(=O)Nc1sc2c(c1C#N)CCN(Cc1ccccc1)C2. The molecule has 0 radical (unpaired) electrons. The van der Waals surface area contributed by atoms with Crippen molar-refractivity contribution in [2.24, 2.45) is 5.92 Å². The lowest BCUT2D eigenvalue weighted by atomic mass is 10.0. The summed E-state index contributed by atoms with van der Waals surface area (Å²) in [5.41, 5.74) is 3.07. The average Bonchev–Trinajstić information content (AvgIpc) is 2.91. The van der Waals surface area contributed by atoms with E-state index >= 15 is 0 Å². The van der Waals surface area contributed by atoms with Crippen LogP contribution in [0.4, 0.5) is 5.00 Å². The van der Waals surface area contributed by atoms with Crippen LogP contribution in [0.1, 0.15) is 35.4 Å². The third-order valence-corrected chi connectivity index (χ3v) is 5.39. The first-order valence-electron chi connectivity index (χ1n) is 8.20. The molecule has 1 N–H and O–H groups in total. The van der Waals surface area contributed by atoms with E-state index in [1.165, 1.54) is 10.4 Å². The maximum atomic E-state index is 12.0. The van der Waals surface area contributed by atoms with Crippen LogP contribution in [-0.2, 0) is 24.3 Å². The standard InChI is InChI=1S/C19H21N3OS/c1-13(2)18(23)21-19-16(10-20)15-8-9-22(12-17(15)24-19)11-14-6-4-3-5-7-14/h3-7,13H,8-9,11-12H2,1-2H3,(H,21,23). The first kappa shape index (κ1) is 16.7. The van der Waals surface area contributed by atoms with Crippen LogP contribution in [0.15, 0.2) is 30.3 Å². The average molecular weight is 339 g/mol. The van der Waals surface area contributed by atoms with Crippen LogP contribution in [0.3, 0.4) is 0 Å². The molecule has 0 spiro atoms. The van der Waals surface area contributed by atoms with E-state index < -0.39 is 0 Å². The van der Waals surface area contributed by atoms with Gasteiger partial charge in [0.25, 0.3) is 0 Å². The number of nitrogens with one attached hydrogen (secondary N) is 1. The van der Waals surface area contributed by atoms with Gasteiger partial charge in [-0.25, -0.2) is 0 Å². The van der Waals surface area contributed by atoms with Gasteiger partial charge in [0.05, 0.1) is 5.56 Å². The molecular formula is C19H21N3OS. The van der Waals surface area contributed by atoms with Gasteiger partial charge in [-0.3, -0.25) is 9.69 Å². The Bertz CT molecular complexity index is 774. The monoisotopic (exact) mass is 339 g/mol. The Morgan fingerprint density at radius 1 is 1.38 bits per heavy atom. The van der Waals surface area contributed by atoms with Crippen LogP contribution in [0.25, 0.3) is 0 Å². The van der Waals surface area contributed by atoms with Crippen molar-refractivity contribution < 1.29 is 4.79 Å². The molecule has 0 unspecified atom stereocenters. The summed E-state index contributed by atoms with van der Waals surface area (Å²) in [6.07, 6.45) is 0.860. The molecule has 3 rings (SSSR count).